The molecule has 32 heavy (non-hydrogen) atoms. The smallest absolute Gasteiger partial charge is 0.332 e. The van der Waals surface area contributed by atoms with E-state index >= 15 is 0 Å². The highest BCUT2D eigenvalue weighted by atomic mass is 31.2. The normalized spacial score (nSPS) is 9.19. The van der Waals surface area contributed by atoms with Gasteiger partial charge in [0.15, 0.2) is 0 Å². The molecule has 16 heteroatoms. The fourth-order valence-corrected chi connectivity index (χ4v) is 2.83. The van der Waals surface area contributed by atoms with Gasteiger partial charge in [0.2, 0.25) is 0 Å². The molecule has 0 spiro atoms. The molecule has 0 bridgehead atoms. The number of hydrogen-bond acceptors (Lipinski definition) is 10. The number of aliphatic hydroxyl groups excluding tert-OH is 1. The van der Waals surface area contributed by atoms with E-state index in [1.54, 1.807) is 6.92 Å². The van der Waals surface area contributed by atoms with E-state index in [4.69, 9.17) is 28.5 Å². The molecule has 0 rings (SSSR count). The number of aliphatic hydroxyl groups is 1. The first-order chi connectivity index (χ1) is 13.9. The molecule has 0 saturated heterocycles. The van der Waals surface area contributed by atoms with Crippen LogP contribution in [-0.4, -0.2) is 84.2 Å². The third-order valence-electron chi connectivity index (χ3n) is 1.66. The molecule has 0 aliphatic rings. The van der Waals surface area contributed by atoms with Crippen molar-refractivity contribution < 1.29 is 63.0 Å². The predicted octanol–water partition coefficient (Wildman–Crippen LogP) is 2.40. The topological polar surface area (TPSA) is 220 Å². The lowest BCUT2D eigenvalue weighted by molar-refractivity contribution is 0.176. The highest BCUT2D eigenvalue weighted by Crippen LogP contribution is 2.38. The maximum absolute atomic E-state index is 8.67. The number of rotatable bonds is 14. The highest BCUT2D eigenvalue weighted by Gasteiger charge is 2.07. The molecule has 0 aliphatic carbocycles. The van der Waals surface area contributed by atoms with Gasteiger partial charge in [0.25, 0.3) is 0 Å². The van der Waals surface area contributed by atoms with Crippen molar-refractivity contribution >= 4 is 25.8 Å². The van der Waals surface area contributed by atoms with E-state index in [1.165, 1.54) is 0 Å². The van der Waals surface area contributed by atoms with Crippen molar-refractivity contribution in [2.45, 2.75) is 55.4 Å². The second-order valence-electron chi connectivity index (χ2n) is 3.94. The summed E-state index contributed by atoms with van der Waals surface area (Å²) in [5.41, 5.74) is 0. The van der Waals surface area contributed by atoms with Gasteiger partial charge in [0.05, 0.1) is 46.2 Å². The van der Waals surface area contributed by atoms with Gasteiger partial charge in [-0.15, -0.1) is 0 Å². The molecule has 0 amide bonds. The Morgan fingerprint density at radius 3 is 0.719 bits per heavy atom. The van der Waals surface area contributed by atoms with Gasteiger partial charge in [-0.1, -0.05) is 0 Å². The molecule has 0 radical (unpaired) electrons. The highest BCUT2D eigenvalue weighted by molar-refractivity contribution is 7.41. The molecule has 0 aliphatic heterocycles. The van der Waals surface area contributed by atoms with Crippen molar-refractivity contribution in [2.24, 2.45) is 0 Å². The first-order valence-corrected chi connectivity index (χ1v) is 13.0. The molecule has 13 nitrogen and oxygen atoms in total. The summed E-state index contributed by atoms with van der Waals surface area (Å²) in [5.74, 6) is 0. The van der Waals surface area contributed by atoms with Crippen molar-refractivity contribution in [3.05, 3.63) is 0 Å². The van der Waals surface area contributed by atoms with Gasteiger partial charge in [0, 0.05) is 6.61 Å². The Balaban J connectivity index is -0.0000000531. The SMILES string of the molecule is CCO.CCOP(O)OCC.CCOP(O)OCC.CCOP(OCC)OCC.O.O.O. The summed E-state index contributed by atoms with van der Waals surface area (Å²) in [5, 5.41) is 7.57. The second-order valence-corrected chi connectivity index (χ2v) is 7.15. The van der Waals surface area contributed by atoms with Gasteiger partial charge in [0.1, 0.15) is 0 Å². The van der Waals surface area contributed by atoms with Crippen LogP contribution in [0.5, 0.6) is 0 Å². The minimum atomic E-state index is -1.58. The summed E-state index contributed by atoms with van der Waals surface area (Å²) in [7, 11) is -4.22. The lowest BCUT2D eigenvalue weighted by Gasteiger charge is -2.12. The molecule has 0 atom stereocenters. The van der Waals surface area contributed by atoms with Crippen LogP contribution in [0.15, 0.2) is 0 Å². The molecule has 0 saturated carbocycles. The van der Waals surface area contributed by atoms with Crippen LogP contribution in [0.3, 0.4) is 0 Å². The molecule has 0 heterocycles. The van der Waals surface area contributed by atoms with E-state index < -0.39 is 25.8 Å². The van der Waals surface area contributed by atoms with Crippen LogP contribution in [0.2, 0.25) is 0 Å². The lowest BCUT2D eigenvalue weighted by atomic mass is 10.9. The zero-order valence-electron chi connectivity index (χ0n) is 20.7. The minimum absolute atomic E-state index is 0. The van der Waals surface area contributed by atoms with Crippen molar-refractivity contribution in [1.82, 2.24) is 0 Å². The molecule has 0 aromatic carbocycles. The average molecular weight is 542 g/mol. The van der Waals surface area contributed by atoms with E-state index in [-0.39, 0.29) is 23.0 Å². The van der Waals surface area contributed by atoms with E-state index in [0.717, 1.165) is 0 Å². The summed E-state index contributed by atoms with van der Waals surface area (Å²) in [6.45, 7) is 18.9. The Hall–Kier alpha value is 0.770. The van der Waals surface area contributed by atoms with Crippen LogP contribution in [0, 0.1) is 0 Å². The van der Waals surface area contributed by atoms with Crippen LogP contribution in [-0.2, 0) is 31.7 Å². The van der Waals surface area contributed by atoms with E-state index in [9.17, 15) is 0 Å². The monoisotopic (exact) mass is 542 g/mol. The summed E-state index contributed by atoms with van der Waals surface area (Å²) in [4.78, 5) is 17.3. The van der Waals surface area contributed by atoms with Crippen LogP contribution >= 0.6 is 25.8 Å². The first kappa shape index (κ1) is 49.8. The number of hydrogen-bond donors (Lipinski definition) is 3. The maximum Gasteiger partial charge on any atom is 0.332 e. The molecular formula is C16H49O13P3. The van der Waals surface area contributed by atoms with Gasteiger partial charge >= 0.3 is 25.8 Å². The third-order valence-corrected chi connectivity index (χ3v) is 4.99. The summed E-state index contributed by atoms with van der Waals surface area (Å²) in [6, 6.07) is 0. The zero-order valence-corrected chi connectivity index (χ0v) is 23.4. The molecule has 206 valence electrons. The van der Waals surface area contributed by atoms with Crippen LogP contribution in [0.1, 0.15) is 55.4 Å². The fourth-order valence-electron chi connectivity index (χ4n) is 0.944. The molecular weight excluding hydrogens is 493 g/mol. The van der Waals surface area contributed by atoms with Crippen molar-refractivity contribution in [3.8, 4) is 0 Å². The summed E-state index contributed by atoms with van der Waals surface area (Å²) in [6.07, 6.45) is 0. The van der Waals surface area contributed by atoms with Gasteiger partial charge in [-0.2, -0.15) is 0 Å². The van der Waals surface area contributed by atoms with Crippen LogP contribution in [0.25, 0.3) is 0 Å². The molecule has 0 aromatic heterocycles. The Labute approximate surface area is 197 Å². The Morgan fingerprint density at radius 1 is 0.438 bits per heavy atom. The quantitative estimate of drug-likeness (QED) is 0.272. The Bertz CT molecular complexity index is 223. The fraction of sp³-hybridized carbons (Fsp3) is 1.00. The van der Waals surface area contributed by atoms with Gasteiger partial charge < -0.3 is 63.0 Å². The summed E-state index contributed by atoms with van der Waals surface area (Å²) < 4.78 is 34.2. The Morgan fingerprint density at radius 2 is 0.594 bits per heavy atom. The standard InChI is InChI=1S/C6H15O3P.2C4H11O3P.C2H6O.3H2O/c1-4-7-10(8-5-2)9-6-3;2*1-3-6-8(5)7-4-2;1-2-3;;;/h4-6H2,1-3H3;2*5H,3-4H2,1-2H3;3H,2H2,1H3;3*1H2. The van der Waals surface area contributed by atoms with Crippen molar-refractivity contribution in [1.29, 1.82) is 0 Å². The third kappa shape index (κ3) is 57.5. The van der Waals surface area contributed by atoms with Gasteiger partial charge in [-0.05, 0) is 55.4 Å². The predicted molar refractivity (Wildman–Crippen MR) is 130 cm³/mol. The van der Waals surface area contributed by atoms with Crippen molar-refractivity contribution in [3.63, 3.8) is 0 Å². The van der Waals surface area contributed by atoms with E-state index in [2.05, 4.69) is 18.1 Å². The van der Waals surface area contributed by atoms with E-state index in [1.807, 2.05) is 48.5 Å². The minimum Gasteiger partial charge on any atom is -0.412 e. The molecule has 0 unspecified atom stereocenters. The maximum atomic E-state index is 8.67. The molecule has 9 N–H and O–H groups in total. The molecule has 0 aromatic rings. The largest absolute Gasteiger partial charge is 0.412 e. The first-order valence-electron chi connectivity index (χ1n) is 9.67. The van der Waals surface area contributed by atoms with Crippen LogP contribution in [0.4, 0.5) is 0 Å². The van der Waals surface area contributed by atoms with Crippen molar-refractivity contribution in [2.75, 3.05) is 52.9 Å². The summed E-state index contributed by atoms with van der Waals surface area (Å²) >= 11 is 0. The van der Waals surface area contributed by atoms with Crippen LogP contribution < -0.4 is 0 Å². The zero-order chi connectivity index (χ0) is 23.3. The lowest BCUT2D eigenvalue weighted by Crippen LogP contribution is -1.94. The molecule has 0 fully saturated rings. The van der Waals surface area contributed by atoms with Gasteiger partial charge in [-0.3, -0.25) is 0 Å². The average Bonchev–Trinajstić information content (AvgIpc) is 2.65. The van der Waals surface area contributed by atoms with E-state index in [0.29, 0.717) is 46.2 Å². The second kappa shape index (κ2) is 49.0. The Kier molecular flexibility index (Phi) is 76.3. The van der Waals surface area contributed by atoms with Gasteiger partial charge in [-0.25, -0.2) is 0 Å².